The van der Waals surface area contributed by atoms with Gasteiger partial charge in [-0.25, -0.2) is 0 Å². The summed E-state index contributed by atoms with van der Waals surface area (Å²) in [7, 11) is 0. The van der Waals surface area contributed by atoms with Gasteiger partial charge in [0, 0.05) is 19.3 Å². The quantitative estimate of drug-likeness (QED) is 0.0262. The maximum absolute atomic E-state index is 12.8. The van der Waals surface area contributed by atoms with Gasteiger partial charge in [-0.05, 0) is 83.5 Å². The van der Waals surface area contributed by atoms with Crippen LogP contribution in [0, 0.1) is 0 Å². The molecular weight excluding hydrogens is 769 g/mol. The molecule has 0 fully saturated rings. The van der Waals surface area contributed by atoms with Crippen molar-refractivity contribution in [3.8, 4) is 0 Å². The normalized spacial score (nSPS) is 12.5. The zero-order chi connectivity index (χ0) is 45.1. The second-order valence-corrected chi connectivity index (χ2v) is 17.4. The van der Waals surface area contributed by atoms with Crippen LogP contribution in [-0.2, 0) is 28.6 Å². The Bertz CT molecular complexity index is 1130. The highest BCUT2D eigenvalue weighted by atomic mass is 16.6. The van der Waals surface area contributed by atoms with E-state index in [0.717, 1.165) is 77.0 Å². The van der Waals surface area contributed by atoms with Crippen molar-refractivity contribution >= 4 is 17.9 Å². The van der Waals surface area contributed by atoms with E-state index in [1.807, 2.05) is 0 Å². The number of unbranched alkanes of at least 4 members (excludes halogenated alkanes) is 26. The fourth-order valence-electron chi connectivity index (χ4n) is 7.25. The van der Waals surface area contributed by atoms with Gasteiger partial charge in [0.05, 0.1) is 0 Å². The van der Waals surface area contributed by atoms with Crippen LogP contribution in [0.3, 0.4) is 0 Å². The summed E-state index contributed by atoms with van der Waals surface area (Å²) in [5.41, 5.74) is 0. The molecule has 0 heterocycles. The third-order valence-corrected chi connectivity index (χ3v) is 11.2. The van der Waals surface area contributed by atoms with Crippen molar-refractivity contribution in [2.75, 3.05) is 13.2 Å². The lowest BCUT2D eigenvalue weighted by atomic mass is 10.0. The molecule has 0 spiro atoms. The molecule has 0 amide bonds. The van der Waals surface area contributed by atoms with Crippen LogP contribution in [0.1, 0.15) is 258 Å². The Kier molecular flexibility index (Phi) is 48.4. The van der Waals surface area contributed by atoms with Gasteiger partial charge in [0.1, 0.15) is 13.2 Å². The molecule has 0 aromatic heterocycles. The van der Waals surface area contributed by atoms with E-state index in [9.17, 15) is 14.4 Å². The Balaban J connectivity index is 4.47. The fourth-order valence-corrected chi connectivity index (χ4v) is 7.25. The molecule has 0 aromatic rings. The van der Waals surface area contributed by atoms with E-state index in [2.05, 4.69) is 81.5 Å². The number of hydrogen-bond donors (Lipinski definition) is 0. The number of allylic oxidation sites excluding steroid dienone is 10. The molecule has 0 aliphatic rings. The van der Waals surface area contributed by atoms with Gasteiger partial charge in [-0.1, -0.05) is 216 Å². The molecule has 0 aromatic carbocycles. The Morgan fingerprint density at radius 3 is 1.03 bits per heavy atom. The van der Waals surface area contributed by atoms with Crippen LogP contribution >= 0.6 is 0 Å². The Labute approximate surface area is 383 Å². The molecule has 0 radical (unpaired) electrons. The van der Waals surface area contributed by atoms with Crippen LogP contribution in [0.4, 0.5) is 0 Å². The lowest BCUT2D eigenvalue weighted by Gasteiger charge is -2.18. The molecule has 1 unspecified atom stereocenters. The second kappa shape index (κ2) is 50.8. The smallest absolute Gasteiger partial charge is 0.306 e. The number of esters is 3. The van der Waals surface area contributed by atoms with Crippen molar-refractivity contribution in [3.63, 3.8) is 0 Å². The van der Waals surface area contributed by atoms with Gasteiger partial charge >= 0.3 is 17.9 Å². The first-order chi connectivity index (χ1) is 30.5. The van der Waals surface area contributed by atoms with Crippen molar-refractivity contribution in [1.29, 1.82) is 0 Å². The first kappa shape index (κ1) is 59.1. The molecule has 0 bridgehead atoms. The molecule has 0 rings (SSSR count). The van der Waals surface area contributed by atoms with Crippen molar-refractivity contribution in [2.24, 2.45) is 0 Å². The Morgan fingerprint density at radius 2 is 0.597 bits per heavy atom. The van der Waals surface area contributed by atoms with Gasteiger partial charge < -0.3 is 14.2 Å². The van der Waals surface area contributed by atoms with Gasteiger partial charge in [-0.2, -0.15) is 0 Å². The van der Waals surface area contributed by atoms with Crippen LogP contribution in [0.15, 0.2) is 60.8 Å². The molecular formula is C56H98O6. The summed E-state index contributed by atoms with van der Waals surface area (Å²) in [5, 5.41) is 0. The molecule has 6 heteroatoms. The lowest BCUT2D eigenvalue weighted by molar-refractivity contribution is -0.167. The maximum Gasteiger partial charge on any atom is 0.306 e. The molecule has 0 aliphatic carbocycles. The van der Waals surface area contributed by atoms with Gasteiger partial charge in [-0.3, -0.25) is 14.4 Å². The van der Waals surface area contributed by atoms with Gasteiger partial charge in [0.2, 0.25) is 0 Å². The summed E-state index contributed by atoms with van der Waals surface area (Å²) in [5.74, 6) is -0.964. The van der Waals surface area contributed by atoms with E-state index in [-0.39, 0.29) is 37.5 Å². The zero-order valence-corrected chi connectivity index (χ0v) is 40.9. The largest absolute Gasteiger partial charge is 0.462 e. The molecule has 1 atom stereocenters. The van der Waals surface area contributed by atoms with Crippen LogP contribution in [0.2, 0.25) is 0 Å². The Morgan fingerprint density at radius 1 is 0.323 bits per heavy atom. The third-order valence-electron chi connectivity index (χ3n) is 11.2. The summed E-state index contributed by atoms with van der Waals surface area (Å²) in [6.07, 6.45) is 62.1. The molecule has 0 saturated carbocycles. The lowest BCUT2D eigenvalue weighted by Crippen LogP contribution is -2.30. The highest BCUT2D eigenvalue weighted by molar-refractivity contribution is 5.71. The minimum absolute atomic E-state index is 0.0952. The Hall–Kier alpha value is -2.89. The van der Waals surface area contributed by atoms with E-state index in [0.29, 0.717) is 19.3 Å². The number of ether oxygens (including phenoxy) is 3. The summed E-state index contributed by atoms with van der Waals surface area (Å²) in [6.45, 7) is 6.55. The van der Waals surface area contributed by atoms with Gasteiger partial charge in [-0.15, -0.1) is 0 Å². The van der Waals surface area contributed by atoms with Crippen molar-refractivity contribution in [1.82, 2.24) is 0 Å². The SMILES string of the molecule is CCCCC/C=C\C/C=C\C/C=C\C/C=C\CCCC(=O)OCC(COC(=O)CCCCCCCCCCCCCCC)OC(=O)CCCCC/C=C\CCCCCCCCC. The van der Waals surface area contributed by atoms with E-state index < -0.39 is 6.10 Å². The van der Waals surface area contributed by atoms with Crippen LogP contribution in [-0.4, -0.2) is 37.2 Å². The van der Waals surface area contributed by atoms with Gasteiger partial charge in [0.25, 0.3) is 0 Å². The first-order valence-electron chi connectivity index (χ1n) is 26.3. The van der Waals surface area contributed by atoms with Crippen LogP contribution in [0.25, 0.3) is 0 Å². The monoisotopic (exact) mass is 867 g/mol. The van der Waals surface area contributed by atoms with E-state index in [4.69, 9.17) is 14.2 Å². The van der Waals surface area contributed by atoms with E-state index in [1.165, 1.54) is 135 Å². The van der Waals surface area contributed by atoms with Crippen molar-refractivity contribution in [2.45, 2.75) is 264 Å². The summed E-state index contributed by atoms with van der Waals surface area (Å²) < 4.78 is 16.7. The van der Waals surface area contributed by atoms with Crippen molar-refractivity contribution < 1.29 is 28.6 Å². The molecule has 0 saturated heterocycles. The molecule has 62 heavy (non-hydrogen) atoms. The number of rotatable bonds is 47. The summed E-state index contributed by atoms with van der Waals surface area (Å²) >= 11 is 0. The molecule has 0 N–H and O–H groups in total. The first-order valence-corrected chi connectivity index (χ1v) is 26.3. The average molecular weight is 867 g/mol. The summed E-state index contributed by atoms with van der Waals surface area (Å²) in [4.78, 5) is 37.9. The highest BCUT2D eigenvalue weighted by Crippen LogP contribution is 2.15. The van der Waals surface area contributed by atoms with Crippen LogP contribution < -0.4 is 0 Å². The van der Waals surface area contributed by atoms with E-state index in [1.54, 1.807) is 0 Å². The summed E-state index contributed by atoms with van der Waals surface area (Å²) in [6, 6.07) is 0. The van der Waals surface area contributed by atoms with Crippen LogP contribution in [0.5, 0.6) is 0 Å². The molecule has 6 nitrogen and oxygen atoms in total. The average Bonchev–Trinajstić information content (AvgIpc) is 3.27. The minimum Gasteiger partial charge on any atom is -0.462 e. The third kappa shape index (κ3) is 48.1. The topological polar surface area (TPSA) is 78.9 Å². The van der Waals surface area contributed by atoms with Crippen molar-refractivity contribution in [3.05, 3.63) is 60.8 Å². The fraction of sp³-hybridized carbons (Fsp3) is 0.768. The minimum atomic E-state index is -0.801. The maximum atomic E-state index is 12.8. The number of carbonyl (C=O) groups excluding carboxylic acids is 3. The zero-order valence-electron chi connectivity index (χ0n) is 40.9. The van der Waals surface area contributed by atoms with Gasteiger partial charge in [0.15, 0.2) is 6.10 Å². The van der Waals surface area contributed by atoms with E-state index >= 15 is 0 Å². The highest BCUT2D eigenvalue weighted by Gasteiger charge is 2.19. The predicted molar refractivity (Wildman–Crippen MR) is 265 cm³/mol. The predicted octanol–water partition coefficient (Wildman–Crippen LogP) is 17.3. The number of hydrogen-bond acceptors (Lipinski definition) is 6. The molecule has 0 aliphatic heterocycles. The molecule has 358 valence electrons. The second-order valence-electron chi connectivity index (χ2n) is 17.4. The number of carbonyl (C=O) groups is 3. The standard InChI is InChI=1S/C56H98O6/c1-4-7-10-13-16-19-22-25-27-28-29-32-34-37-40-43-46-49-55(58)61-52-53(51-60-54(57)48-45-42-39-36-33-30-24-21-18-15-12-9-6-3)62-56(59)50-47-44-41-38-35-31-26-23-20-17-14-11-8-5-2/h16,19,25,27,29,31-32,35,37,40,53H,4-15,17-18,20-24,26,28,30,33-34,36,38-39,41-52H2,1-3H3/b19-16-,27-25-,32-29-,35-31-,40-37-.